The van der Waals surface area contributed by atoms with Gasteiger partial charge in [-0.25, -0.2) is 5.84 Å². The van der Waals surface area contributed by atoms with Gasteiger partial charge in [0.05, 0.1) is 0 Å². The molecule has 54 valence electrons. The Morgan fingerprint density at radius 2 is 2.00 bits per heavy atom. The number of nitrogens with two attached hydrogens (primary N) is 2. The smallest absolute Gasteiger partial charge is 0.182 e. The summed E-state index contributed by atoms with van der Waals surface area (Å²) in [4.78, 5) is 0. The highest BCUT2D eigenvalue weighted by Crippen LogP contribution is 2.28. The second-order valence-electron chi connectivity index (χ2n) is 1.55. The van der Waals surface area contributed by atoms with E-state index >= 15 is 0 Å². The van der Waals surface area contributed by atoms with Gasteiger partial charge in [-0.1, -0.05) is 0 Å². The van der Waals surface area contributed by atoms with E-state index in [-0.39, 0.29) is 6.66 Å². The highest BCUT2D eigenvalue weighted by molar-refractivity contribution is 14.2. The maximum atomic E-state index is 5.45. The first-order valence-electron chi connectivity index (χ1n) is 2.08. The van der Waals surface area contributed by atoms with Crippen molar-refractivity contribution in [3.8, 4) is 0 Å². The van der Waals surface area contributed by atoms with Gasteiger partial charge in [0.15, 0.2) is 6.66 Å². The molecule has 0 aliphatic heterocycles. The van der Waals surface area contributed by atoms with Crippen LogP contribution in [0.2, 0.25) is 0 Å². The number of nitrogens with zero attached hydrogens (tertiary/aromatic N) is 1. The monoisotopic (exact) mass is 371 g/mol. The minimum atomic E-state index is -0.235. The van der Waals surface area contributed by atoms with Crippen molar-refractivity contribution in [3.63, 3.8) is 0 Å². The molecule has 0 atom stereocenters. The largest absolute Gasteiger partial charge is 0.375 e. The van der Waals surface area contributed by atoms with Gasteiger partial charge in [-0.05, 0) is 64.3 Å². The number of hydrazine groups is 1. The highest BCUT2D eigenvalue weighted by Gasteiger charge is 2.22. The number of rotatable bonds is 1. The van der Waals surface area contributed by atoms with Crippen LogP contribution in [0.1, 0.15) is 6.92 Å². The molecule has 0 radical (unpaired) electrons. The summed E-state index contributed by atoms with van der Waals surface area (Å²) < 4.78 is -0.235. The Labute approximate surface area is 86.8 Å². The summed E-state index contributed by atoms with van der Waals surface area (Å²) in [5, 5.41) is 1.55. The van der Waals surface area contributed by atoms with Crippen molar-refractivity contribution in [2.75, 3.05) is 0 Å². The molecule has 0 aromatic rings. The molecule has 0 saturated heterocycles. The van der Waals surface area contributed by atoms with E-state index in [9.17, 15) is 0 Å². The first-order valence-corrected chi connectivity index (χ1v) is 4.64. The molecular weight excluding hydrogens is 364 g/mol. The van der Waals surface area contributed by atoms with Crippen molar-refractivity contribution >= 4 is 62.5 Å². The van der Waals surface area contributed by atoms with Crippen molar-refractivity contribution in [3.05, 3.63) is 0 Å². The molecule has 3 nitrogen and oxygen atoms in total. The minimum absolute atomic E-state index is 0.210. The third-order valence-electron chi connectivity index (χ3n) is 0.660. The van der Waals surface area contributed by atoms with Gasteiger partial charge in [-0.2, -0.15) is 0 Å². The van der Waals surface area contributed by atoms with E-state index < -0.39 is 0 Å². The number of thiocarbonyl (C=S) groups is 1. The Morgan fingerprint density at radius 3 is 2.00 bits per heavy atom. The lowest BCUT2D eigenvalue weighted by Crippen LogP contribution is -2.49. The summed E-state index contributed by atoms with van der Waals surface area (Å²) in [6.07, 6.45) is 0. The van der Waals surface area contributed by atoms with E-state index in [2.05, 4.69) is 57.4 Å². The van der Waals surface area contributed by atoms with Crippen LogP contribution >= 0.6 is 57.4 Å². The molecule has 0 amide bonds. The van der Waals surface area contributed by atoms with Crippen LogP contribution in [0.25, 0.3) is 0 Å². The summed E-state index contributed by atoms with van der Waals surface area (Å²) in [7, 11) is 0. The standard InChI is InChI=1S/C3H7I2N3S/c1-3(4,5)8(7)2(6)9/h7H2,1H3,(H2,6,9). The maximum absolute atomic E-state index is 5.45. The van der Waals surface area contributed by atoms with Gasteiger partial charge in [0.1, 0.15) is 0 Å². The van der Waals surface area contributed by atoms with Gasteiger partial charge in [-0.15, -0.1) is 0 Å². The van der Waals surface area contributed by atoms with Crippen molar-refractivity contribution in [2.24, 2.45) is 11.6 Å². The molecule has 6 heteroatoms. The second-order valence-corrected chi connectivity index (χ2v) is 8.23. The van der Waals surface area contributed by atoms with Crippen molar-refractivity contribution in [2.45, 2.75) is 8.48 Å². The Bertz CT molecular complexity index is 121. The number of halogens is 2. The van der Waals surface area contributed by atoms with Crippen LogP contribution in [0.15, 0.2) is 0 Å². The molecule has 0 unspecified atom stereocenters. The summed E-state index contributed by atoms with van der Waals surface area (Å²) in [5.41, 5.74) is 5.24. The number of hydrogen-bond donors (Lipinski definition) is 2. The molecule has 0 spiro atoms. The predicted octanol–water partition coefficient (Wildman–Crippen LogP) is 0.949. The molecular formula is C3H7I2N3S. The lowest BCUT2D eigenvalue weighted by Gasteiger charge is -2.27. The van der Waals surface area contributed by atoms with E-state index in [1.54, 1.807) is 0 Å². The van der Waals surface area contributed by atoms with E-state index in [1.165, 1.54) is 5.01 Å². The average Bonchev–Trinajstić information content (AvgIpc) is 1.62. The molecule has 9 heavy (non-hydrogen) atoms. The molecule has 0 aliphatic carbocycles. The fourth-order valence-corrected chi connectivity index (χ4v) is 1.22. The van der Waals surface area contributed by atoms with Gasteiger partial charge in [-0.3, -0.25) is 5.01 Å². The van der Waals surface area contributed by atoms with Crippen molar-refractivity contribution in [1.29, 1.82) is 0 Å². The molecule has 0 aliphatic rings. The van der Waals surface area contributed by atoms with Gasteiger partial charge >= 0.3 is 0 Å². The quantitative estimate of drug-likeness (QED) is 0.180. The van der Waals surface area contributed by atoms with Crippen LogP contribution in [0.3, 0.4) is 0 Å². The predicted molar refractivity (Wildman–Crippen MR) is 59.3 cm³/mol. The SMILES string of the molecule is CC(I)(I)N(N)C(N)=S. The molecule has 0 rings (SSSR count). The van der Waals surface area contributed by atoms with Crippen molar-refractivity contribution < 1.29 is 0 Å². The first kappa shape index (κ1) is 10.1. The van der Waals surface area contributed by atoms with Crippen molar-refractivity contribution in [1.82, 2.24) is 5.01 Å². The third-order valence-corrected chi connectivity index (χ3v) is 1.90. The van der Waals surface area contributed by atoms with Crippen LogP contribution in [0.5, 0.6) is 0 Å². The fraction of sp³-hybridized carbons (Fsp3) is 0.667. The van der Waals surface area contributed by atoms with E-state index in [1.807, 2.05) is 6.92 Å². The van der Waals surface area contributed by atoms with Crippen LogP contribution < -0.4 is 11.6 Å². The summed E-state index contributed by atoms with van der Waals surface area (Å²) in [6, 6.07) is 0. The summed E-state index contributed by atoms with van der Waals surface area (Å²) in [6.45, 7) is 1.91. The molecule has 0 fully saturated rings. The Hall–Kier alpha value is 1.11. The zero-order chi connectivity index (χ0) is 7.65. The van der Waals surface area contributed by atoms with Crippen LogP contribution in [0.4, 0.5) is 0 Å². The lowest BCUT2D eigenvalue weighted by molar-refractivity contribution is 0.438. The van der Waals surface area contributed by atoms with Crippen LogP contribution in [-0.4, -0.2) is 11.7 Å². The van der Waals surface area contributed by atoms with E-state index in [4.69, 9.17) is 11.6 Å². The molecule has 0 heterocycles. The fourth-order valence-electron chi connectivity index (χ4n) is 0.193. The number of alkyl halides is 2. The first-order chi connectivity index (χ1) is 3.85. The molecule has 0 aromatic carbocycles. The zero-order valence-corrected chi connectivity index (χ0v) is 9.90. The molecule has 0 bridgehead atoms. The highest BCUT2D eigenvalue weighted by atomic mass is 127. The summed E-state index contributed by atoms with van der Waals surface area (Å²) in [5.74, 6) is 5.45. The molecule has 4 N–H and O–H groups in total. The Balaban J connectivity index is 4.04. The average molecular weight is 371 g/mol. The normalized spacial score (nSPS) is 11.1. The third kappa shape index (κ3) is 3.73. The Morgan fingerprint density at radius 1 is 1.67 bits per heavy atom. The van der Waals surface area contributed by atoms with E-state index in [0.717, 1.165) is 0 Å². The Kier molecular flexibility index (Phi) is 3.92. The molecule has 0 saturated carbocycles. The van der Waals surface area contributed by atoms with Crippen LogP contribution in [0, 0.1) is 0 Å². The summed E-state index contributed by atoms with van der Waals surface area (Å²) >= 11 is 8.91. The zero-order valence-electron chi connectivity index (χ0n) is 4.77. The minimum Gasteiger partial charge on any atom is -0.375 e. The van der Waals surface area contributed by atoms with Gasteiger partial charge < -0.3 is 5.73 Å². The topological polar surface area (TPSA) is 55.3 Å². The maximum Gasteiger partial charge on any atom is 0.182 e. The van der Waals surface area contributed by atoms with Gasteiger partial charge in [0.2, 0.25) is 0 Å². The number of hydrogen-bond acceptors (Lipinski definition) is 2. The van der Waals surface area contributed by atoms with Crippen LogP contribution in [-0.2, 0) is 0 Å². The van der Waals surface area contributed by atoms with E-state index in [0.29, 0.717) is 0 Å². The second kappa shape index (κ2) is 3.49. The molecule has 0 aromatic heterocycles. The van der Waals surface area contributed by atoms with Gasteiger partial charge in [0, 0.05) is 0 Å². The lowest BCUT2D eigenvalue weighted by atomic mass is 10.7. The van der Waals surface area contributed by atoms with Gasteiger partial charge in [0.25, 0.3) is 0 Å².